The van der Waals surface area contributed by atoms with Crippen LogP contribution in [0.1, 0.15) is 10.5 Å². The lowest BCUT2D eigenvalue weighted by molar-refractivity contribution is 0.0691. The molecule has 0 aliphatic rings. The van der Waals surface area contributed by atoms with E-state index in [4.69, 9.17) is 9.47 Å². The van der Waals surface area contributed by atoms with E-state index in [-0.39, 0.29) is 11.4 Å². The van der Waals surface area contributed by atoms with Gasteiger partial charge in [0.1, 0.15) is 17.2 Å². The number of hydrogen-bond donors (Lipinski definition) is 1. The van der Waals surface area contributed by atoms with E-state index in [0.29, 0.717) is 22.9 Å². The Kier molecular flexibility index (Phi) is 4.11. The van der Waals surface area contributed by atoms with E-state index in [1.807, 2.05) is 0 Å². The second kappa shape index (κ2) is 6.37. The zero-order valence-corrected chi connectivity index (χ0v) is 13.0. The van der Waals surface area contributed by atoms with E-state index in [1.54, 1.807) is 42.6 Å². The number of aromatic nitrogens is 4. The number of aromatic carboxylic acids is 1. The van der Waals surface area contributed by atoms with Crippen LogP contribution >= 0.6 is 0 Å². The Morgan fingerprint density at radius 2 is 1.83 bits per heavy atom. The van der Waals surface area contributed by atoms with Crippen molar-refractivity contribution in [1.82, 2.24) is 20.0 Å². The molecule has 0 bridgehead atoms. The molecule has 0 atom stereocenters. The molecule has 8 heteroatoms. The fraction of sp³-hybridized carbons (Fsp3) is 0.125. The van der Waals surface area contributed by atoms with Gasteiger partial charge in [-0.15, -0.1) is 5.10 Å². The van der Waals surface area contributed by atoms with Gasteiger partial charge in [0, 0.05) is 24.4 Å². The maximum atomic E-state index is 11.5. The summed E-state index contributed by atoms with van der Waals surface area (Å²) in [5, 5.41) is 17.1. The number of carbonyl (C=O) groups is 1. The topological polar surface area (TPSA) is 99.4 Å². The Hall–Kier alpha value is -3.42. The molecule has 0 aliphatic carbocycles. The fourth-order valence-corrected chi connectivity index (χ4v) is 2.25. The van der Waals surface area contributed by atoms with Gasteiger partial charge >= 0.3 is 5.97 Å². The largest absolute Gasteiger partial charge is 0.497 e. The zero-order valence-electron chi connectivity index (χ0n) is 13.0. The van der Waals surface area contributed by atoms with Crippen molar-refractivity contribution in [2.75, 3.05) is 14.2 Å². The van der Waals surface area contributed by atoms with Gasteiger partial charge in [-0.2, -0.15) is 0 Å². The summed E-state index contributed by atoms with van der Waals surface area (Å²) in [5.41, 5.74) is 1.09. The first-order chi connectivity index (χ1) is 11.6. The van der Waals surface area contributed by atoms with Crippen LogP contribution < -0.4 is 9.47 Å². The molecule has 24 heavy (non-hydrogen) atoms. The van der Waals surface area contributed by atoms with Gasteiger partial charge < -0.3 is 14.6 Å². The summed E-state index contributed by atoms with van der Waals surface area (Å²) in [5.74, 6) is -0.0934. The third kappa shape index (κ3) is 2.76. The molecule has 0 aliphatic heterocycles. The first-order valence-electron chi connectivity index (χ1n) is 6.98. The lowest BCUT2D eigenvalue weighted by Crippen LogP contribution is -2.04. The van der Waals surface area contributed by atoms with Gasteiger partial charge in [-0.3, -0.25) is 4.98 Å². The van der Waals surface area contributed by atoms with E-state index < -0.39 is 5.97 Å². The number of pyridine rings is 1. The first kappa shape index (κ1) is 15.5. The zero-order chi connectivity index (χ0) is 17.1. The van der Waals surface area contributed by atoms with Crippen molar-refractivity contribution < 1.29 is 19.4 Å². The first-order valence-corrected chi connectivity index (χ1v) is 6.98. The average molecular weight is 326 g/mol. The van der Waals surface area contributed by atoms with Crippen molar-refractivity contribution in [2.45, 2.75) is 0 Å². The van der Waals surface area contributed by atoms with Gasteiger partial charge in [0.15, 0.2) is 5.69 Å². The standard InChI is InChI=1S/C16H14N4O4/c1-23-11-7-10(8-12(9-11)24-2)20-15(13-5-3-4-6-17-13)14(16(21)22)18-19-20/h3-9H,1-2H3,(H,21,22). The van der Waals surface area contributed by atoms with Crippen LogP contribution in [0.15, 0.2) is 42.6 Å². The van der Waals surface area contributed by atoms with Gasteiger partial charge in [0.05, 0.1) is 25.6 Å². The highest BCUT2D eigenvalue weighted by atomic mass is 16.5. The summed E-state index contributed by atoms with van der Waals surface area (Å²) in [6.45, 7) is 0. The van der Waals surface area contributed by atoms with Crippen molar-refractivity contribution in [3.05, 3.63) is 48.3 Å². The molecule has 0 unspecified atom stereocenters. The molecule has 0 saturated heterocycles. The molecule has 1 N–H and O–H groups in total. The van der Waals surface area contributed by atoms with E-state index in [9.17, 15) is 9.90 Å². The minimum Gasteiger partial charge on any atom is -0.497 e. The maximum Gasteiger partial charge on any atom is 0.358 e. The van der Waals surface area contributed by atoms with Gasteiger partial charge in [0.2, 0.25) is 0 Å². The number of carboxylic acids is 1. The predicted molar refractivity (Wildman–Crippen MR) is 84.7 cm³/mol. The van der Waals surface area contributed by atoms with Crippen LogP contribution in [0.2, 0.25) is 0 Å². The third-order valence-corrected chi connectivity index (χ3v) is 3.36. The average Bonchev–Trinajstić information content (AvgIpc) is 3.07. The summed E-state index contributed by atoms with van der Waals surface area (Å²) in [6.07, 6.45) is 1.57. The second-order valence-corrected chi connectivity index (χ2v) is 4.79. The van der Waals surface area contributed by atoms with Crippen LogP contribution in [0.3, 0.4) is 0 Å². The summed E-state index contributed by atoms with van der Waals surface area (Å²) in [7, 11) is 3.06. The quantitative estimate of drug-likeness (QED) is 0.766. The summed E-state index contributed by atoms with van der Waals surface area (Å²) in [6, 6.07) is 10.3. The van der Waals surface area contributed by atoms with Crippen molar-refractivity contribution in [1.29, 1.82) is 0 Å². The molecule has 2 heterocycles. The lowest BCUT2D eigenvalue weighted by Gasteiger charge is -2.10. The third-order valence-electron chi connectivity index (χ3n) is 3.36. The van der Waals surface area contributed by atoms with Crippen LogP contribution in [0.5, 0.6) is 11.5 Å². The molecule has 0 spiro atoms. The maximum absolute atomic E-state index is 11.5. The Labute approximate surface area is 137 Å². The summed E-state index contributed by atoms with van der Waals surface area (Å²) < 4.78 is 11.9. The van der Waals surface area contributed by atoms with Crippen molar-refractivity contribution in [3.63, 3.8) is 0 Å². The minimum atomic E-state index is -1.18. The fourth-order valence-electron chi connectivity index (χ4n) is 2.25. The smallest absolute Gasteiger partial charge is 0.358 e. The molecule has 8 nitrogen and oxygen atoms in total. The van der Waals surface area contributed by atoms with Crippen molar-refractivity contribution in [3.8, 4) is 28.6 Å². The normalized spacial score (nSPS) is 10.4. The monoisotopic (exact) mass is 326 g/mol. The highest BCUT2D eigenvalue weighted by molar-refractivity contribution is 5.92. The van der Waals surface area contributed by atoms with Crippen LogP contribution in [0, 0.1) is 0 Å². The van der Waals surface area contributed by atoms with E-state index >= 15 is 0 Å². The van der Waals surface area contributed by atoms with Crippen LogP contribution in [0.25, 0.3) is 17.1 Å². The number of methoxy groups -OCH3 is 2. The van der Waals surface area contributed by atoms with Crippen LogP contribution in [-0.4, -0.2) is 45.3 Å². The molecule has 0 fully saturated rings. The number of benzene rings is 1. The predicted octanol–water partition coefficient (Wildman–Crippen LogP) is 2.04. The molecule has 0 saturated carbocycles. The Balaban J connectivity index is 2.24. The van der Waals surface area contributed by atoms with Crippen molar-refractivity contribution >= 4 is 5.97 Å². The number of rotatable bonds is 5. The molecule has 1 aromatic carbocycles. The Morgan fingerprint density at radius 1 is 1.12 bits per heavy atom. The van der Waals surface area contributed by atoms with Crippen LogP contribution in [-0.2, 0) is 0 Å². The lowest BCUT2D eigenvalue weighted by atomic mass is 10.2. The van der Waals surface area contributed by atoms with Gasteiger partial charge in [-0.05, 0) is 12.1 Å². The number of hydrogen-bond acceptors (Lipinski definition) is 6. The molecule has 3 rings (SSSR count). The molecular formula is C16H14N4O4. The van der Waals surface area contributed by atoms with E-state index in [2.05, 4.69) is 15.3 Å². The molecule has 0 amide bonds. The summed E-state index contributed by atoms with van der Waals surface area (Å²) in [4.78, 5) is 15.7. The van der Waals surface area contributed by atoms with E-state index in [1.165, 1.54) is 18.9 Å². The molecule has 3 aromatic rings. The van der Waals surface area contributed by atoms with Gasteiger partial charge in [-0.25, -0.2) is 9.48 Å². The number of nitrogens with zero attached hydrogens (tertiary/aromatic N) is 4. The Morgan fingerprint density at radius 3 is 2.38 bits per heavy atom. The second-order valence-electron chi connectivity index (χ2n) is 4.79. The molecule has 122 valence electrons. The molecular weight excluding hydrogens is 312 g/mol. The van der Waals surface area contributed by atoms with E-state index in [0.717, 1.165) is 0 Å². The highest BCUT2D eigenvalue weighted by Crippen LogP contribution is 2.29. The number of ether oxygens (including phenoxy) is 2. The van der Waals surface area contributed by atoms with Gasteiger partial charge in [-0.1, -0.05) is 11.3 Å². The van der Waals surface area contributed by atoms with Crippen molar-refractivity contribution in [2.24, 2.45) is 0 Å². The Bertz CT molecular complexity index is 855. The molecule has 0 radical (unpaired) electrons. The summed E-state index contributed by atoms with van der Waals surface area (Å²) >= 11 is 0. The van der Waals surface area contributed by atoms with Gasteiger partial charge in [0.25, 0.3) is 0 Å². The minimum absolute atomic E-state index is 0.185. The SMILES string of the molecule is COc1cc(OC)cc(-n2nnc(C(=O)O)c2-c2ccccn2)c1. The highest BCUT2D eigenvalue weighted by Gasteiger charge is 2.23. The molecule has 2 aromatic heterocycles. The van der Waals surface area contributed by atoms with Crippen LogP contribution in [0.4, 0.5) is 0 Å². The number of carboxylic acid groups (broad SMARTS) is 1.